The Balaban J connectivity index is 2.53. The maximum absolute atomic E-state index is 13.7. The van der Waals surface area contributed by atoms with Gasteiger partial charge in [0.05, 0.1) is 5.38 Å². The third-order valence-corrected chi connectivity index (χ3v) is 4.75. The number of hydrogen-bond acceptors (Lipinski definition) is 0. The van der Waals surface area contributed by atoms with Crippen LogP contribution in [0.1, 0.15) is 22.1 Å². The van der Waals surface area contributed by atoms with Gasteiger partial charge in [-0.25, -0.2) is 13.2 Å². The van der Waals surface area contributed by atoms with Crippen molar-refractivity contribution in [1.82, 2.24) is 0 Å². The smallest absolute Gasteiger partial charge is 0.161 e. The van der Waals surface area contributed by atoms with Crippen LogP contribution in [0.3, 0.4) is 0 Å². The Hall–Kier alpha value is -0.750. The van der Waals surface area contributed by atoms with Crippen LogP contribution in [0.15, 0.2) is 30.3 Å². The van der Waals surface area contributed by atoms with Crippen molar-refractivity contribution < 1.29 is 13.2 Å². The maximum atomic E-state index is 13.7. The largest absolute Gasteiger partial charge is 0.207 e. The third-order valence-electron chi connectivity index (χ3n) is 2.81. The molecule has 0 bridgehead atoms. The normalized spacial score (nSPS) is 12.5. The molecular weight excluding hydrogens is 388 g/mol. The van der Waals surface area contributed by atoms with Gasteiger partial charge in [-0.3, -0.25) is 0 Å². The van der Waals surface area contributed by atoms with Crippen molar-refractivity contribution in [3.63, 3.8) is 0 Å². The molecule has 0 nitrogen and oxygen atoms in total. The monoisotopic (exact) mass is 396 g/mol. The molecule has 100 valence electrons. The summed E-state index contributed by atoms with van der Waals surface area (Å²) in [6.07, 6.45) is 0. The number of halogens is 5. The minimum absolute atomic E-state index is 0.0657. The predicted molar refractivity (Wildman–Crippen MR) is 77.9 cm³/mol. The molecule has 0 aliphatic carbocycles. The van der Waals surface area contributed by atoms with Crippen LogP contribution in [0.2, 0.25) is 0 Å². The van der Waals surface area contributed by atoms with Crippen LogP contribution in [-0.4, -0.2) is 0 Å². The Morgan fingerprint density at radius 3 is 2.32 bits per heavy atom. The van der Waals surface area contributed by atoms with Gasteiger partial charge >= 0.3 is 0 Å². The summed E-state index contributed by atoms with van der Waals surface area (Å²) in [7, 11) is 0. The Kier molecular flexibility index (Phi) is 4.40. The van der Waals surface area contributed by atoms with Crippen molar-refractivity contribution in [3.8, 4) is 0 Å². The summed E-state index contributed by atoms with van der Waals surface area (Å²) in [4.78, 5) is 0. The second-order valence-corrected chi connectivity index (χ2v) is 5.64. The second kappa shape index (κ2) is 5.71. The molecule has 0 aromatic heterocycles. The molecule has 1 atom stereocenters. The molecule has 2 aromatic rings. The molecule has 0 radical (unpaired) electrons. The zero-order chi connectivity index (χ0) is 14.2. The average molecular weight is 397 g/mol. The van der Waals surface area contributed by atoms with E-state index in [4.69, 9.17) is 11.6 Å². The standard InChI is InChI=1S/C14H9ClF3I/c1-7-3-2-4-8(14(7)19)13(15)9-5-11(17)12(18)6-10(9)16/h2-6,13H,1H3. The molecular formula is C14H9ClF3I. The summed E-state index contributed by atoms with van der Waals surface area (Å²) in [5, 5.41) is -0.859. The first-order valence-corrected chi connectivity index (χ1v) is 6.97. The van der Waals surface area contributed by atoms with Gasteiger partial charge in [-0.2, -0.15) is 0 Å². The molecule has 2 rings (SSSR count). The highest BCUT2D eigenvalue weighted by molar-refractivity contribution is 14.1. The van der Waals surface area contributed by atoms with E-state index < -0.39 is 22.8 Å². The average Bonchev–Trinajstić information content (AvgIpc) is 2.36. The highest BCUT2D eigenvalue weighted by atomic mass is 127. The fourth-order valence-corrected chi connectivity index (χ4v) is 2.97. The molecule has 2 aromatic carbocycles. The van der Waals surface area contributed by atoms with E-state index in [0.29, 0.717) is 11.6 Å². The molecule has 0 saturated carbocycles. The van der Waals surface area contributed by atoms with Crippen LogP contribution in [0.25, 0.3) is 0 Å². The molecule has 19 heavy (non-hydrogen) atoms. The van der Waals surface area contributed by atoms with Gasteiger partial charge in [-0.15, -0.1) is 11.6 Å². The van der Waals surface area contributed by atoms with E-state index in [9.17, 15) is 13.2 Å². The molecule has 0 heterocycles. The molecule has 0 fully saturated rings. The second-order valence-electron chi connectivity index (χ2n) is 4.13. The van der Waals surface area contributed by atoms with E-state index in [2.05, 4.69) is 22.6 Å². The first kappa shape index (κ1) is 14.7. The Bertz CT molecular complexity index is 628. The zero-order valence-corrected chi connectivity index (χ0v) is 12.8. The van der Waals surface area contributed by atoms with Gasteiger partial charge in [-0.1, -0.05) is 18.2 Å². The van der Waals surface area contributed by atoms with Crippen molar-refractivity contribution in [2.45, 2.75) is 12.3 Å². The van der Waals surface area contributed by atoms with Crippen LogP contribution < -0.4 is 0 Å². The topological polar surface area (TPSA) is 0 Å². The van der Waals surface area contributed by atoms with Crippen molar-refractivity contribution in [3.05, 3.63) is 68.0 Å². The molecule has 0 amide bonds. The fourth-order valence-electron chi connectivity index (χ4n) is 1.77. The highest BCUT2D eigenvalue weighted by Gasteiger charge is 2.20. The van der Waals surface area contributed by atoms with Gasteiger partial charge in [0.25, 0.3) is 0 Å². The number of aryl methyl sites for hydroxylation is 1. The van der Waals surface area contributed by atoms with Crippen LogP contribution in [-0.2, 0) is 0 Å². The summed E-state index contributed by atoms with van der Waals surface area (Å²) < 4.78 is 40.7. The first-order chi connectivity index (χ1) is 8.91. The fraction of sp³-hybridized carbons (Fsp3) is 0.143. The van der Waals surface area contributed by atoms with Gasteiger partial charge in [0, 0.05) is 15.2 Å². The van der Waals surface area contributed by atoms with E-state index in [1.54, 1.807) is 12.1 Å². The van der Waals surface area contributed by atoms with E-state index >= 15 is 0 Å². The van der Waals surface area contributed by atoms with Gasteiger partial charge in [0.15, 0.2) is 11.6 Å². The number of hydrogen-bond donors (Lipinski definition) is 0. The first-order valence-electron chi connectivity index (χ1n) is 5.45. The lowest BCUT2D eigenvalue weighted by Gasteiger charge is -2.15. The van der Waals surface area contributed by atoms with E-state index in [-0.39, 0.29) is 5.56 Å². The van der Waals surface area contributed by atoms with Crippen LogP contribution in [0.4, 0.5) is 13.2 Å². The third kappa shape index (κ3) is 2.89. The maximum Gasteiger partial charge on any atom is 0.161 e. The molecule has 0 spiro atoms. The van der Waals surface area contributed by atoms with E-state index in [1.807, 2.05) is 13.0 Å². The summed E-state index contributed by atoms with van der Waals surface area (Å²) in [6, 6.07) is 6.76. The van der Waals surface area contributed by atoms with Crippen molar-refractivity contribution >= 4 is 34.2 Å². The molecule has 0 N–H and O–H groups in total. The quantitative estimate of drug-likeness (QED) is 0.365. The van der Waals surface area contributed by atoms with Gasteiger partial charge < -0.3 is 0 Å². The SMILES string of the molecule is Cc1cccc(C(Cl)c2cc(F)c(F)cc2F)c1I. The lowest BCUT2D eigenvalue weighted by atomic mass is 10.0. The molecule has 0 aliphatic heterocycles. The Labute approximate surface area is 127 Å². The molecule has 1 unspecified atom stereocenters. The molecule has 0 aliphatic rings. The molecule has 0 saturated heterocycles. The lowest BCUT2D eigenvalue weighted by Crippen LogP contribution is -2.02. The van der Waals surface area contributed by atoms with Crippen molar-refractivity contribution in [2.24, 2.45) is 0 Å². The zero-order valence-electron chi connectivity index (χ0n) is 9.85. The van der Waals surface area contributed by atoms with Crippen LogP contribution >= 0.6 is 34.2 Å². The highest BCUT2D eigenvalue weighted by Crippen LogP contribution is 2.35. The predicted octanol–water partition coefficient (Wildman–Crippen LogP) is 5.35. The van der Waals surface area contributed by atoms with Crippen LogP contribution in [0.5, 0.6) is 0 Å². The van der Waals surface area contributed by atoms with Gasteiger partial charge in [0.1, 0.15) is 5.82 Å². The summed E-state index contributed by atoms with van der Waals surface area (Å²) in [5.41, 5.74) is 1.60. The minimum atomic E-state index is -1.22. The minimum Gasteiger partial charge on any atom is -0.207 e. The van der Waals surface area contributed by atoms with Crippen molar-refractivity contribution in [2.75, 3.05) is 0 Å². The van der Waals surface area contributed by atoms with Crippen molar-refractivity contribution in [1.29, 1.82) is 0 Å². The van der Waals surface area contributed by atoms with Gasteiger partial charge in [-0.05, 0) is 46.7 Å². The summed E-state index contributed by atoms with van der Waals surface area (Å²) in [6.45, 7) is 1.90. The summed E-state index contributed by atoms with van der Waals surface area (Å²) >= 11 is 8.30. The number of benzene rings is 2. The Morgan fingerprint density at radius 2 is 1.63 bits per heavy atom. The Morgan fingerprint density at radius 1 is 1.00 bits per heavy atom. The number of alkyl halides is 1. The van der Waals surface area contributed by atoms with Gasteiger partial charge in [0.2, 0.25) is 0 Å². The number of rotatable bonds is 2. The van der Waals surface area contributed by atoms with E-state index in [1.165, 1.54) is 0 Å². The van der Waals surface area contributed by atoms with Crippen LogP contribution in [0, 0.1) is 27.9 Å². The lowest BCUT2D eigenvalue weighted by molar-refractivity contribution is 0.490. The summed E-state index contributed by atoms with van der Waals surface area (Å²) in [5.74, 6) is -3.18. The molecule has 5 heteroatoms. The van der Waals surface area contributed by atoms with E-state index in [0.717, 1.165) is 15.2 Å².